The summed E-state index contributed by atoms with van der Waals surface area (Å²) in [7, 11) is 0. The van der Waals surface area contributed by atoms with Gasteiger partial charge in [-0.15, -0.1) is 0 Å². The summed E-state index contributed by atoms with van der Waals surface area (Å²) in [6.07, 6.45) is 5.70. The molecule has 2 heterocycles. The number of allylic oxidation sites excluding steroid dienone is 1. The molecule has 0 saturated carbocycles. The monoisotopic (exact) mass is 342 g/mol. The molecular weight excluding hydrogens is 324 g/mol. The molecule has 3 rings (SSSR count). The average Bonchev–Trinajstić information content (AvgIpc) is 3.07. The number of benzene rings is 1. The van der Waals surface area contributed by atoms with Gasteiger partial charge in [-0.2, -0.15) is 0 Å². The number of rotatable bonds is 6. The van der Waals surface area contributed by atoms with Crippen LogP contribution in [0.5, 0.6) is 5.75 Å². The highest BCUT2D eigenvalue weighted by Gasteiger charge is 2.13. The quantitative estimate of drug-likeness (QED) is 0.573. The molecule has 0 spiro atoms. The van der Waals surface area contributed by atoms with Gasteiger partial charge in [0.25, 0.3) is 0 Å². The Kier molecular flexibility index (Phi) is 5.05. The molecule has 0 amide bonds. The zero-order valence-corrected chi connectivity index (χ0v) is 14.2. The van der Waals surface area contributed by atoms with Crippen LogP contribution in [0.4, 0.5) is 5.00 Å². The van der Waals surface area contributed by atoms with Crippen molar-refractivity contribution in [1.82, 2.24) is 0 Å². The Morgan fingerprint density at radius 3 is 2.96 bits per heavy atom. The minimum atomic E-state index is -0.368. The second kappa shape index (κ2) is 7.40. The van der Waals surface area contributed by atoms with Crippen LogP contribution in [0.2, 0.25) is 0 Å². The van der Waals surface area contributed by atoms with E-state index in [2.05, 4.69) is 18.0 Å². The smallest absolute Gasteiger partial charge is 0.324 e. The summed E-state index contributed by atoms with van der Waals surface area (Å²) in [6.45, 7) is 3.55. The van der Waals surface area contributed by atoms with Gasteiger partial charge in [-0.1, -0.05) is 18.3 Å². The van der Waals surface area contributed by atoms with Gasteiger partial charge in [-0.25, -0.2) is 0 Å². The Bertz CT molecular complexity index is 808. The first kappa shape index (κ1) is 16.4. The van der Waals surface area contributed by atoms with Crippen LogP contribution in [0.3, 0.4) is 0 Å². The number of aliphatic imine (C=N–C) groups is 1. The Morgan fingerprint density at radius 2 is 2.21 bits per heavy atom. The van der Waals surface area contributed by atoms with Crippen molar-refractivity contribution in [1.29, 1.82) is 0 Å². The van der Waals surface area contributed by atoms with Crippen molar-refractivity contribution >= 4 is 28.1 Å². The Balaban J connectivity index is 1.79. The van der Waals surface area contributed by atoms with E-state index in [1.807, 2.05) is 24.3 Å². The van der Waals surface area contributed by atoms with E-state index in [9.17, 15) is 10.1 Å². The first-order valence-electron chi connectivity index (χ1n) is 7.90. The summed E-state index contributed by atoms with van der Waals surface area (Å²) in [6, 6.07) is 9.38. The first-order chi connectivity index (χ1) is 11.7. The van der Waals surface area contributed by atoms with Crippen LogP contribution in [0, 0.1) is 10.1 Å². The maximum atomic E-state index is 10.7. The predicted octanol–water partition coefficient (Wildman–Crippen LogP) is 4.50. The molecule has 1 aromatic heterocycles. The van der Waals surface area contributed by atoms with Crippen LogP contribution < -0.4 is 4.74 Å². The van der Waals surface area contributed by atoms with E-state index in [4.69, 9.17) is 4.74 Å². The summed E-state index contributed by atoms with van der Waals surface area (Å²) in [4.78, 5) is 15.8. The fourth-order valence-electron chi connectivity index (χ4n) is 2.55. The fraction of sp³-hybridized carbons (Fsp3) is 0.278. The molecule has 1 aromatic carbocycles. The maximum absolute atomic E-state index is 10.7. The van der Waals surface area contributed by atoms with Crippen molar-refractivity contribution in [2.24, 2.45) is 4.99 Å². The summed E-state index contributed by atoms with van der Waals surface area (Å²) >= 11 is 1.16. The predicted molar refractivity (Wildman–Crippen MR) is 97.3 cm³/mol. The third-order valence-corrected chi connectivity index (χ3v) is 4.69. The molecule has 24 heavy (non-hydrogen) atoms. The lowest BCUT2D eigenvalue weighted by Crippen LogP contribution is -2.11. The van der Waals surface area contributed by atoms with Gasteiger partial charge in [-0.05, 0) is 54.8 Å². The van der Waals surface area contributed by atoms with E-state index in [1.54, 1.807) is 6.07 Å². The van der Waals surface area contributed by atoms with E-state index in [0.29, 0.717) is 0 Å². The van der Waals surface area contributed by atoms with Gasteiger partial charge in [0.1, 0.15) is 5.75 Å². The lowest BCUT2D eigenvalue weighted by atomic mass is 9.97. The standard InChI is InChI=1S/C18H18N2O3S/c1-2-11-23-14-3-6-16-13(12-14)9-10-19-17(16)7-4-15-5-8-18(24-15)20(21)22/h3-8,12H,2,9-11H2,1H3/b7-4+. The van der Waals surface area contributed by atoms with Crippen LogP contribution in [0.25, 0.3) is 6.08 Å². The molecule has 124 valence electrons. The Morgan fingerprint density at radius 1 is 1.33 bits per heavy atom. The summed E-state index contributed by atoms with van der Waals surface area (Å²) in [5, 5.41) is 10.9. The summed E-state index contributed by atoms with van der Waals surface area (Å²) in [5.41, 5.74) is 3.25. The molecule has 0 fully saturated rings. The average molecular weight is 342 g/mol. The zero-order valence-electron chi connectivity index (χ0n) is 13.4. The first-order valence-corrected chi connectivity index (χ1v) is 8.72. The summed E-state index contributed by atoms with van der Waals surface area (Å²) < 4.78 is 5.69. The lowest BCUT2D eigenvalue weighted by Gasteiger charge is -2.16. The Hall–Kier alpha value is -2.47. The molecule has 0 aliphatic carbocycles. The minimum absolute atomic E-state index is 0.151. The Labute approximate surface area is 144 Å². The number of ether oxygens (including phenoxy) is 1. The molecule has 0 radical (unpaired) electrons. The molecule has 0 bridgehead atoms. The lowest BCUT2D eigenvalue weighted by molar-refractivity contribution is -0.380. The van der Waals surface area contributed by atoms with Gasteiger partial charge in [0.2, 0.25) is 0 Å². The van der Waals surface area contributed by atoms with E-state index in [0.717, 1.165) is 59.2 Å². The molecule has 0 N–H and O–H groups in total. The molecular formula is C18H18N2O3S. The van der Waals surface area contributed by atoms with Crippen LogP contribution in [-0.2, 0) is 6.42 Å². The second-order valence-corrected chi connectivity index (χ2v) is 6.54. The summed E-state index contributed by atoms with van der Waals surface area (Å²) in [5.74, 6) is 0.898. The van der Waals surface area contributed by atoms with Gasteiger partial charge in [-0.3, -0.25) is 15.1 Å². The normalized spacial score (nSPS) is 13.6. The van der Waals surface area contributed by atoms with Gasteiger partial charge >= 0.3 is 5.00 Å². The van der Waals surface area contributed by atoms with Crippen molar-refractivity contribution in [2.45, 2.75) is 19.8 Å². The number of thiophene rings is 1. The highest BCUT2D eigenvalue weighted by molar-refractivity contribution is 7.16. The van der Waals surface area contributed by atoms with E-state index < -0.39 is 0 Å². The number of nitro groups is 1. The molecule has 6 heteroatoms. The molecule has 2 aromatic rings. The third kappa shape index (κ3) is 3.71. The van der Waals surface area contributed by atoms with Crippen LogP contribution in [0.15, 0.2) is 41.4 Å². The molecule has 5 nitrogen and oxygen atoms in total. The SMILES string of the molecule is CCCOc1ccc2c(c1)CCN=C2/C=C/c1ccc([N+](=O)[O-])s1. The second-order valence-electron chi connectivity index (χ2n) is 5.45. The van der Waals surface area contributed by atoms with E-state index in [-0.39, 0.29) is 9.92 Å². The van der Waals surface area contributed by atoms with E-state index >= 15 is 0 Å². The van der Waals surface area contributed by atoms with Crippen LogP contribution in [-0.4, -0.2) is 23.8 Å². The number of fused-ring (bicyclic) bond motifs is 1. The number of nitrogens with zero attached hydrogens (tertiary/aromatic N) is 2. The maximum Gasteiger partial charge on any atom is 0.324 e. The van der Waals surface area contributed by atoms with Crippen molar-refractivity contribution in [3.63, 3.8) is 0 Å². The van der Waals surface area contributed by atoms with Gasteiger partial charge in [0.05, 0.1) is 17.2 Å². The van der Waals surface area contributed by atoms with E-state index in [1.165, 1.54) is 11.6 Å². The van der Waals surface area contributed by atoms with Crippen LogP contribution in [0.1, 0.15) is 29.3 Å². The van der Waals surface area contributed by atoms with Gasteiger partial charge in [0, 0.05) is 23.1 Å². The van der Waals surface area contributed by atoms with Crippen LogP contribution >= 0.6 is 11.3 Å². The van der Waals surface area contributed by atoms with Crippen molar-refractivity contribution in [3.05, 3.63) is 62.5 Å². The molecule has 0 unspecified atom stereocenters. The fourth-order valence-corrected chi connectivity index (χ4v) is 3.28. The van der Waals surface area contributed by atoms with Crippen molar-refractivity contribution < 1.29 is 9.66 Å². The largest absolute Gasteiger partial charge is 0.494 e. The molecule has 1 aliphatic heterocycles. The van der Waals surface area contributed by atoms with Gasteiger partial charge in [0.15, 0.2) is 0 Å². The molecule has 0 atom stereocenters. The molecule has 1 aliphatic rings. The minimum Gasteiger partial charge on any atom is -0.494 e. The zero-order chi connectivity index (χ0) is 16.9. The van der Waals surface area contributed by atoms with Gasteiger partial charge < -0.3 is 4.74 Å². The van der Waals surface area contributed by atoms with Crippen molar-refractivity contribution in [3.8, 4) is 5.75 Å². The number of hydrogen-bond donors (Lipinski definition) is 0. The highest BCUT2D eigenvalue weighted by Crippen LogP contribution is 2.26. The molecule has 0 saturated heterocycles. The van der Waals surface area contributed by atoms with Crippen molar-refractivity contribution in [2.75, 3.05) is 13.2 Å². The topological polar surface area (TPSA) is 64.7 Å². The number of hydrogen-bond acceptors (Lipinski definition) is 5. The highest BCUT2D eigenvalue weighted by atomic mass is 32.1. The third-order valence-electron chi connectivity index (χ3n) is 3.69.